The highest BCUT2D eigenvalue weighted by molar-refractivity contribution is 7.91. The highest BCUT2D eigenvalue weighted by Gasteiger charge is 2.31. The van der Waals surface area contributed by atoms with E-state index in [1.54, 1.807) is 10.4 Å². The third kappa shape index (κ3) is 2.89. The molecule has 1 N–H and O–H groups in total. The molecule has 6 heteroatoms. The Hall–Kier alpha value is -1.21. The summed E-state index contributed by atoms with van der Waals surface area (Å²) in [6, 6.07) is 11.5. The summed E-state index contributed by atoms with van der Waals surface area (Å²) in [5.41, 5.74) is 2.21. The Labute approximate surface area is 129 Å². The lowest BCUT2D eigenvalue weighted by Gasteiger charge is -2.13. The molecule has 0 spiro atoms. The van der Waals surface area contributed by atoms with Crippen LogP contribution in [0.5, 0.6) is 0 Å². The van der Waals surface area contributed by atoms with Crippen LogP contribution in [0.4, 0.5) is 0 Å². The van der Waals surface area contributed by atoms with Gasteiger partial charge in [-0.25, -0.2) is 8.42 Å². The number of hydrogen-bond acceptors (Lipinski definition) is 4. The maximum atomic E-state index is 12.7. The van der Waals surface area contributed by atoms with Crippen LogP contribution in [0, 0.1) is 0 Å². The molecular formula is C15H18N2O2S2. The van der Waals surface area contributed by atoms with E-state index >= 15 is 0 Å². The molecule has 0 unspecified atom stereocenters. The summed E-state index contributed by atoms with van der Waals surface area (Å²) < 4.78 is 27.4. The molecular weight excluding hydrogens is 304 g/mol. The zero-order valence-electron chi connectivity index (χ0n) is 11.9. The van der Waals surface area contributed by atoms with Gasteiger partial charge in [-0.3, -0.25) is 0 Å². The van der Waals surface area contributed by atoms with Crippen LogP contribution in [0.1, 0.15) is 16.0 Å². The molecule has 2 heterocycles. The maximum absolute atomic E-state index is 12.7. The van der Waals surface area contributed by atoms with Crippen molar-refractivity contribution < 1.29 is 8.42 Å². The summed E-state index contributed by atoms with van der Waals surface area (Å²) in [5.74, 6) is 0. The van der Waals surface area contributed by atoms with Crippen molar-refractivity contribution in [2.24, 2.45) is 0 Å². The molecule has 0 saturated carbocycles. The summed E-state index contributed by atoms with van der Waals surface area (Å²) >= 11 is 1.38. The zero-order chi connectivity index (χ0) is 14.9. The maximum Gasteiger partial charge on any atom is 0.253 e. The normalized spacial score (nSPS) is 15.3. The van der Waals surface area contributed by atoms with E-state index in [2.05, 4.69) is 5.32 Å². The Morgan fingerprint density at radius 2 is 1.81 bits per heavy atom. The minimum Gasteiger partial charge on any atom is -0.319 e. The molecule has 112 valence electrons. The molecule has 1 aromatic heterocycles. The Bertz CT molecular complexity index is 713. The lowest BCUT2D eigenvalue weighted by Crippen LogP contribution is -2.24. The van der Waals surface area contributed by atoms with Gasteiger partial charge in [0, 0.05) is 18.0 Å². The molecule has 2 aromatic rings. The Morgan fingerprint density at radius 1 is 1.14 bits per heavy atom. The van der Waals surface area contributed by atoms with Gasteiger partial charge in [0.15, 0.2) is 0 Å². The van der Waals surface area contributed by atoms with Crippen molar-refractivity contribution in [1.29, 1.82) is 0 Å². The van der Waals surface area contributed by atoms with E-state index in [0.717, 1.165) is 29.0 Å². The van der Waals surface area contributed by atoms with Crippen molar-refractivity contribution in [3.8, 4) is 0 Å². The zero-order valence-corrected chi connectivity index (χ0v) is 13.5. The summed E-state index contributed by atoms with van der Waals surface area (Å²) in [4.78, 5) is 1.10. The number of fused-ring (bicyclic) bond motifs is 1. The number of likely N-dealkylation sites (N-methyl/N-ethyl adjacent to an activating group) is 1. The average molecular weight is 322 g/mol. The molecule has 3 rings (SSSR count). The standard InChI is InChI=1S/C15H18N2O2S2/c1-16-9-8-14-6-7-15(20-14)21(18,19)17-10-12-4-2-3-5-13(12)11-17/h2-7,16H,8-11H2,1H3. The van der Waals surface area contributed by atoms with E-state index in [1.165, 1.54) is 11.3 Å². The van der Waals surface area contributed by atoms with E-state index in [9.17, 15) is 8.42 Å². The van der Waals surface area contributed by atoms with Crippen molar-refractivity contribution in [2.75, 3.05) is 13.6 Å². The van der Waals surface area contributed by atoms with Gasteiger partial charge in [-0.15, -0.1) is 11.3 Å². The molecule has 1 aliphatic heterocycles. The molecule has 0 fully saturated rings. The van der Waals surface area contributed by atoms with E-state index in [1.807, 2.05) is 37.4 Å². The van der Waals surface area contributed by atoms with E-state index in [4.69, 9.17) is 0 Å². The number of nitrogens with zero attached hydrogens (tertiary/aromatic N) is 1. The topological polar surface area (TPSA) is 49.4 Å². The monoisotopic (exact) mass is 322 g/mol. The first kappa shape index (κ1) is 14.7. The minimum absolute atomic E-state index is 0.446. The predicted octanol–water partition coefficient (Wildman–Crippen LogP) is 2.21. The summed E-state index contributed by atoms with van der Waals surface area (Å²) in [6.07, 6.45) is 0.858. The molecule has 0 radical (unpaired) electrons. The van der Waals surface area contributed by atoms with Crippen LogP contribution in [0.2, 0.25) is 0 Å². The number of nitrogens with one attached hydrogen (secondary N) is 1. The quantitative estimate of drug-likeness (QED) is 0.918. The fourth-order valence-electron chi connectivity index (χ4n) is 2.48. The van der Waals surface area contributed by atoms with Crippen molar-refractivity contribution in [3.05, 3.63) is 52.4 Å². The van der Waals surface area contributed by atoms with Crippen LogP contribution in [-0.4, -0.2) is 26.3 Å². The smallest absolute Gasteiger partial charge is 0.253 e. The number of benzene rings is 1. The van der Waals surface area contributed by atoms with Crippen molar-refractivity contribution >= 4 is 21.4 Å². The number of sulfonamides is 1. The fourth-order valence-corrected chi connectivity index (χ4v) is 5.38. The Morgan fingerprint density at radius 3 is 2.43 bits per heavy atom. The van der Waals surface area contributed by atoms with Crippen LogP contribution < -0.4 is 5.32 Å². The third-order valence-corrected chi connectivity index (χ3v) is 7.07. The first-order chi connectivity index (χ1) is 10.1. The largest absolute Gasteiger partial charge is 0.319 e. The van der Waals surface area contributed by atoms with Crippen LogP contribution in [0.25, 0.3) is 0 Å². The van der Waals surface area contributed by atoms with Gasteiger partial charge < -0.3 is 5.32 Å². The lowest BCUT2D eigenvalue weighted by molar-refractivity contribution is 0.433. The average Bonchev–Trinajstić information content (AvgIpc) is 3.12. The molecule has 0 atom stereocenters. The number of thiophene rings is 1. The fraction of sp³-hybridized carbons (Fsp3) is 0.333. The highest BCUT2D eigenvalue weighted by atomic mass is 32.2. The van der Waals surface area contributed by atoms with Crippen LogP contribution in [-0.2, 0) is 29.5 Å². The Balaban J connectivity index is 1.80. The minimum atomic E-state index is -3.38. The second-order valence-corrected chi connectivity index (χ2v) is 8.45. The molecule has 1 aliphatic rings. The highest BCUT2D eigenvalue weighted by Crippen LogP contribution is 2.31. The molecule has 0 aliphatic carbocycles. The van der Waals surface area contributed by atoms with Crippen molar-refractivity contribution in [1.82, 2.24) is 9.62 Å². The molecule has 0 saturated heterocycles. The molecule has 21 heavy (non-hydrogen) atoms. The molecule has 0 amide bonds. The lowest BCUT2D eigenvalue weighted by atomic mass is 10.1. The first-order valence-corrected chi connectivity index (χ1v) is 9.17. The molecule has 4 nitrogen and oxygen atoms in total. The van der Waals surface area contributed by atoms with Crippen LogP contribution in [0.15, 0.2) is 40.6 Å². The van der Waals surface area contributed by atoms with Gasteiger partial charge in [-0.1, -0.05) is 24.3 Å². The van der Waals surface area contributed by atoms with Gasteiger partial charge in [-0.05, 0) is 43.3 Å². The van der Waals surface area contributed by atoms with Gasteiger partial charge in [0.2, 0.25) is 0 Å². The van der Waals surface area contributed by atoms with E-state index in [0.29, 0.717) is 17.3 Å². The summed E-state index contributed by atoms with van der Waals surface area (Å²) in [5, 5.41) is 3.08. The van der Waals surface area contributed by atoms with E-state index in [-0.39, 0.29) is 0 Å². The number of rotatable bonds is 5. The predicted molar refractivity (Wildman–Crippen MR) is 84.8 cm³/mol. The SMILES string of the molecule is CNCCc1ccc(S(=O)(=O)N2Cc3ccccc3C2)s1. The van der Waals surface area contributed by atoms with Gasteiger partial charge in [-0.2, -0.15) is 4.31 Å². The van der Waals surface area contributed by atoms with Gasteiger partial charge >= 0.3 is 0 Å². The second kappa shape index (κ2) is 5.88. The van der Waals surface area contributed by atoms with Crippen LogP contribution >= 0.6 is 11.3 Å². The first-order valence-electron chi connectivity index (χ1n) is 6.91. The second-order valence-electron chi connectivity index (χ2n) is 5.12. The summed E-state index contributed by atoms with van der Waals surface area (Å²) in [7, 11) is -1.48. The van der Waals surface area contributed by atoms with Crippen LogP contribution in [0.3, 0.4) is 0 Å². The van der Waals surface area contributed by atoms with E-state index < -0.39 is 10.0 Å². The van der Waals surface area contributed by atoms with Gasteiger partial charge in [0.25, 0.3) is 10.0 Å². The summed E-state index contributed by atoms with van der Waals surface area (Å²) in [6.45, 7) is 1.81. The third-order valence-electron chi connectivity index (χ3n) is 3.66. The van der Waals surface area contributed by atoms with Gasteiger partial charge in [0.05, 0.1) is 0 Å². The Kier molecular flexibility index (Phi) is 4.12. The van der Waals surface area contributed by atoms with Crippen molar-refractivity contribution in [3.63, 3.8) is 0 Å². The molecule has 1 aromatic carbocycles. The molecule has 0 bridgehead atoms. The van der Waals surface area contributed by atoms with Gasteiger partial charge in [0.1, 0.15) is 4.21 Å². The number of hydrogen-bond donors (Lipinski definition) is 1. The van der Waals surface area contributed by atoms with Crippen molar-refractivity contribution in [2.45, 2.75) is 23.7 Å².